The van der Waals surface area contributed by atoms with E-state index in [1.807, 2.05) is 38.1 Å². The SMILES string of the molecule is CC(C)Oc1ccc(NC(=O)CCc2ccc(F)cc2)cc1. The minimum absolute atomic E-state index is 0.0677. The van der Waals surface area contributed by atoms with Crippen molar-refractivity contribution in [2.24, 2.45) is 0 Å². The van der Waals surface area contributed by atoms with Crippen LogP contribution in [0.4, 0.5) is 10.1 Å². The van der Waals surface area contributed by atoms with E-state index in [0.29, 0.717) is 12.8 Å². The third kappa shape index (κ3) is 5.20. The average Bonchev–Trinajstić information content (AvgIpc) is 2.48. The van der Waals surface area contributed by atoms with Crippen LogP contribution in [-0.4, -0.2) is 12.0 Å². The summed E-state index contributed by atoms with van der Waals surface area (Å²) in [6.45, 7) is 3.93. The number of halogens is 1. The Labute approximate surface area is 130 Å². The Kier molecular flexibility index (Phi) is 5.53. The van der Waals surface area contributed by atoms with Gasteiger partial charge in [-0.1, -0.05) is 12.1 Å². The van der Waals surface area contributed by atoms with Gasteiger partial charge in [-0.2, -0.15) is 0 Å². The van der Waals surface area contributed by atoms with Crippen molar-refractivity contribution in [1.29, 1.82) is 0 Å². The summed E-state index contributed by atoms with van der Waals surface area (Å²) >= 11 is 0. The van der Waals surface area contributed by atoms with Crippen molar-refractivity contribution < 1.29 is 13.9 Å². The highest BCUT2D eigenvalue weighted by Gasteiger charge is 2.04. The number of aryl methyl sites for hydroxylation is 1. The fourth-order valence-electron chi connectivity index (χ4n) is 2.02. The maximum atomic E-state index is 12.8. The number of nitrogens with one attached hydrogen (secondary N) is 1. The van der Waals surface area contributed by atoms with Crippen LogP contribution >= 0.6 is 0 Å². The van der Waals surface area contributed by atoms with E-state index in [1.54, 1.807) is 12.1 Å². The van der Waals surface area contributed by atoms with E-state index in [9.17, 15) is 9.18 Å². The van der Waals surface area contributed by atoms with Crippen molar-refractivity contribution in [3.63, 3.8) is 0 Å². The van der Waals surface area contributed by atoms with Crippen LogP contribution < -0.4 is 10.1 Å². The van der Waals surface area contributed by atoms with Gasteiger partial charge in [-0.3, -0.25) is 4.79 Å². The van der Waals surface area contributed by atoms with Gasteiger partial charge < -0.3 is 10.1 Å². The molecule has 0 aliphatic rings. The number of benzene rings is 2. The molecule has 2 aromatic rings. The lowest BCUT2D eigenvalue weighted by Crippen LogP contribution is -2.12. The first-order valence-electron chi connectivity index (χ1n) is 7.34. The summed E-state index contributed by atoms with van der Waals surface area (Å²) in [5, 5.41) is 2.84. The van der Waals surface area contributed by atoms with Crippen molar-refractivity contribution in [3.8, 4) is 5.75 Å². The Morgan fingerprint density at radius 1 is 1.09 bits per heavy atom. The van der Waals surface area contributed by atoms with Gasteiger partial charge in [0.1, 0.15) is 11.6 Å². The quantitative estimate of drug-likeness (QED) is 0.869. The van der Waals surface area contributed by atoms with E-state index in [-0.39, 0.29) is 17.8 Å². The van der Waals surface area contributed by atoms with Crippen LogP contribution in [0.25, 0.3) is 0 Å². The molecular weight excluding hydrogens is 281 g/mol. The molecule has 3 nitrogen and oxygen atoms in total. The van der Waals surface area contributed by atoms with Gasteiger partial charge in [-0.25, -0.2) is 4.39 Å². The molecule has 4 heteroatoms. The Balaban J connectivity index is 1.82. The molecule has 0 aliphatic carbocycles. The van der Waals surface area contributed by atoms with Crippen LogP contribution in [0.3, 0.4) is 0 Å². The van der Waals surface area contributed by atoms with Gasteiger partial charge in [0.15, 0.2) is 0 Å². The number of ether oxygens (including phenoxy) is 1. The minimum Gasteiger partial charge on any atom is -0.491 e. The zero-order valence-electron chi connectivity index (χ0n) is 12.8. The first kappa shape index (κ1) is 16.0. The molecule has 0 spiro atoms. The molecule has 0 heterocycles. The van der Waals surface area contributed by atoms with E-state index in [1.165, 1.54) is 12.1 Å². The van der Waals surface area contributed by atoms with E-state index in [0.717, 1.165) is 17.0 Å². The third-order valence-corrected chi connectivity index (χ3v) is 3.06. The predicted molar refractivity (Wildman–Crippen MR) is 85.6 cm³/mol. The van der Waals surface area contributed by atoms with E-state index < -0.39 is 0 Å². The molecule has 1 amide bonds. The van der Waals surface area contributed by atoms with Crippen molar-refractivity contribution >= 4 is 11.6 Å². The van der Waals surface area contributed by atoms with Crippen LogP contribution in [0.5, 0.6) is 5.75 Å². The number of anilines is 1. The van der Waals surface area contributed by atoms with Gasteiger partial charge in [-0.15, -0.1) is 0 Å². The summed E-state index contributed by atoms with van der Waals surface area (Å²) in [4.78, 5) is 11.9. The number of amides is 1. The molecule has 1 N–H and O–H groups in total. The van der Waals surface area contributed by atoms with Crippen LogP contribution in [0.2, 0.25) is 0 Å². The number of carbonyl (C=O) groups excluding carboxylic acids is 1. The lowest BCUT2D eigenvalue weighted by molar-refractivity contribution is -0.116. The lowest BCUT2D eigenvalue weighted by Gasteiger charge is -2.10. The Bertz CT molecular complexity index is 606. The number of hydrogen-bond acceptors (Lipinski definition) is 2. The molecule has 0 aromatic heterocycles. The normalized spacial score (nSPS) is 10.5. The molecule has 116 valence electrons. The molecule has 0 unspecified atom stereocenters. The second kappa shape index (κ2) is 7.59. The lowest BCUT2D eigenvalue weighted by atomic mass is 10.1. The van der Waals surface area contributed by atoms with Crippen molar-refractivity contribution in [2.75, 3.05) is 5.32 Å². The maximum absolute atomic E-state index is 12.8. The molecule has 0 aliphatic heterocycles. The van der Waals surface area contributed by atoms with Crippen LogP contribution in [0.1, 0.15) is 25.8 Å². The number of rotatable bonds is 6. The van der Waals surface area contributed by atoms with Gasteiger partial charge in [0, 0.05) is 12.1 Å². The molecule has 0 saturated heterocycles. The summed E-state index contributed by atoms with van der Waals surface area (Å²) in [7, 11) is 0. The Hall–Kier alpha value is -2.36. The van der Waals surface area contributed by atoms with Crippen molar-refractivity contribution in [3.05, 3.63) is 59.9 Å². The van der Waals surface area contributed by atoms with Gasteiger partial charge in [0.2, 0.25) is 5.91 Å². The highest BCUT2D eigenvalue weighted by atomic mass is 19.1. The van der Waals surface area contributed by atoms with Crippen molar-refractivity contribution in [2.45, 2.75) is 32.8 Å². The number of carbonyl (C=O) groups is 1. The van der Waals surface area contributed by atoms with Crippen LogP contribution in [0, 0.1) is 5.82 Å². The molecule has 22 heavy (non-hydrogen) atoms. The molecule has 2 aromatic carbocycles. The molecule has 2 rings (SSSR count). The Morgan fingerprint density at radius 2 is 1.73 bits per heavy atom. The van der Waals surface area contributed by atoms with E-state index in [4.69, 9.17) is 4.74 Å². The largest absolute Gasteiger partial charge is 0.491 e. The maximum Gasteiger partial charge on any atom is 0.224 e. The third-order valence-electron chi connectivity index (χ3n) is 3.06. The average molecular weight is 301 g/mol. The molecular formula is C18H20FNO2. The minimum atomic E-state index is -0.267. The first-order valence-corrected chi connectivity index (χ1v) is 7.34. The fraction of sp³-hybridized carbons (Fsp3) is 0.278. The van der Waals surface area contributed by atoms with Gasteiger partial charge in [-0.05, 0) is 62.2 Å². The zero-order valence-corrected chi connectivity index (χ0v) is 12.8. The second-order valence-electron chi connectivity index (χ2n) is 5.37. The van der Waals surface area contributed by atoms with Gasteiger partial charge in [0.25, 0.3) is 0 Å². The van der Waals surface area contributed by atoms with Crippen molar-refractivity contribution in [1.82, 2.24) is 0 Å². The highest BCUT2D eigenvalue weighted by Crippen LogP contribution is 2.17. The summed E-state index contributed by atoms with van der Waals surface area (Å²) in [6, 6.07) is 13.5. The summed E-state index contributed by atoms with van der Waals surface area (Å²) in [5.41, 5.74) is 1.68. The standard InChI is InChI=1S/C18H20FNO2/c1-13(2)22-17-10-8-16(9-11-17)20-18(21)12-5-14-3-6-15(19)7-4-14/h3-4,6-11,13H,5,12H2,1-2H3,(H,20,21). The fourth-order valence-corrected chi connectivity index (χ4v) is 2.02. The topological polar surface area (TPSA) is 38.3 Å². The summed E-state index contributed by atoms with van der Waals surface area (Å²) in [5.74, 6) is 0.443. The van der Waals surface area contributed by atoms with Gasteiger partial charge >= 0.3 is 0 Å². The second-order valence-corrected chi connectivity index (χ2v) is 5.37. The summed E-state index contributed by atoms with van der Waals surface area (Å²) in [6.07, 6.45) is 1.06. The van der Waals surface area contributed by atoms with Crippen LogP contribution in [0.15, 0.2) is 48.5 Å². The number of hydrogen-bond donors (Lipinski definition) is 1. The molecule has 0 atom stereocenters. The molecule has 0 fully saturated rings. The smallest absolute Gasteiger partial charge is 0.224 e. The highest BCUT2D eigenvalue weighted by molar-refractivity contribution is 5.90. The monoisotopic (exact) mass is 301 g/mol. The first-order chi connectivity index (χ1) is 10.5. The zero-order chi connectivity index (χ0) is 15.9. The Morgan fingerprint density at radius 3 is 2.32 bits per heavy atom. The van der Waals surface area contributed by atoms with Gasteiger partial charge in [0.05, 0.1) is 6.10 Å². The van der Waals surface area contributed by atoms with E-state index in [2.05, 4.69) is 5.32 Å². The van der Waals surface area contributed by atoms with E-state index >= 15 is 0 Å². The molecule has 0 bridgehead atoms. The predicted octanol–water partition coefficient (Wildman–Crippen LogP) is 4.18. The summed E-state index contributed by atoms with van der Waals surface area (Å²) < 4.78 is 18.3. The molecule has 0 saturated carbocycles. The van der Waals surface area contributed by atoms with Crippen LogP contribution in [-0.2, 0) is 11.2 Å². The molecule has 0 radical (unpaired) electrons.